The summed E-state index contributed by atoms with van der Waals surface area (Å²) in [6, 6.07) is 144. The maximum absolute atomic E-state index is 3.13. The summed E-state index contributed by atoms with van der Waals surface area (Å²) in [6.45, 7) is 13.8. The van der Waals surface area contributed by atoms with E-state index >= 15 is 0 Å². The zero-order chi connectivity index (χ0) is 70.3. The minimum Gasteiger partial charge on any atom is -0.311 e. The van der Waals surface area contributed by atoms with Crippen LogP contribution in [0.3, 0.4) is 0 Å². The molecule has 6 heteroatoms. The molecule has 2 aliphatic rings. The second-order valence-electron chi connectivity index (χ2n) is 30.3. The van der Waals surface area contributed by atoms with E-state index in [9.17, 15) is 0 Å². The van der Waals surface area contributed by atoms with E-state index in [1.807, 2.05) is 0 Å². The largest absolute Gasteiger partial charge is 0.311 e. The van der Waals surface area contributed by atoms with Crippen molar-refractivity contribution >= 4 is 137 Å². The van der Waals surface area contributed by atoms with Crippen molar-refractivity contribution in [2.45, 2.75) is 52.4 Å². The molecule has 1 aromatic heterocycles. The van der Waals surface area contributed by atoms with E-state index in [-0.39, 0.29) is 17.5 Å². The van der Waals surface area contributed by atoms with E-state index in [1.54, 1.807) is 0 Å². The Kier molecular flexibility index (Phi) is 15.8. The first-order valence-corrected chi connectivity index (χ1v) is 40.7. The van der Waals surface area contributed by atoms with E-state index < -0.39 is 16.1 Å². The van der Waals surface area contributed by atoms with Crippen molar-refractivity contribution in [3.05, 3.63) is 387 Å². The molecule has 0 N–H and O–H groups in total. The molecule has 0 atom stereocenters. The zero-order valence-corrected chi connectivity index (χ0v) is 61.7. The summed E-state index contributed by atoms with van der Waals surface area (Å²) in [4.78, 5) is 5.35. The van der Waals surface area contributed by atoms with Crippen LogP contribution < -0.4 is 67.7 Å². The molecule has 0 saturated carbocycles. The number of fused-ring (bicyclic) bond motifs is 7. The van der Waals surface area contributed by atoms with Gasteiger partial charge in [0, 0.05) is 50.5 Å². The predicted octanol–water partition coefficient (Wildman–Crippen LogP) is 17.6. The lowest BCUT2D eigenvalue weighted by molar-refractivity contribution is 0.590. The standard InChI is InChI=1S/C98H80BN3Si2/c1-97(2,3)72-55-61-90-86(63-72)87-64-73(98(4,5)6)56-62-91(87)101(90)76-66-93-95-94(67-76)102(75-37-31-50-83(65-75)103(77-38-19-9-20-39-77,78-40-21-10-22-41-78)79-42-23-11-24-43-79)96-85(71-35-17-8-18-36-71)51-32-52-89(96)99(95)88-60-59-84(68-92(88)100(93)74-57-53-70(54-58-74)69-33-15-7-16-34-69)104(80-44-25-12-26-45-80,81-46-27-13-28-47-81)82-48-29-14-30-49-82/h7-68H,1-6H3. The summed E-state index contributed by atoms with van der Waals surface area (Å²) in [5.41, 5.74) is 21.1. The van der Waals surface area contributed by atoms with Gasteiger partial charge in [0.1, 0.15) is 0 Å². The first-order valence-electron chi connectivity index (χ1n) is 36.7. The lowest BCUT2D eigenvalue weighted by Crippen LogP contribution is -2.75. The third-order valence-electron chi connectivity index (χ3n) is 22.4. The topological polar surface area (TPSA) is 11.4 Å². The van der Waals surface area contributed by atoms with E-state index in [2.05, 4.69) is 432 Å². The van der Waals surface area contributed by atoms with Crippen LogP contribution in [0.1, 0.15) is 52.7 Å². The number of rotatable bonds is 13. The Labute approximate surface area is 614 Å². The van der Waals surface area contributed by atoms with Crippen molar-refractivity contribution in [3.63, 3.8) is 0 Å². The third kappa shape index (κ3) is 10.5. The van der Waals surface area contributed by atoms with Crippen LogP contribution in [-0.4, -0.2) is 27.4 Å². The molecule has 3 nitrogen and oxygen atoms in total. The Balaban J connectivity index is 1.00. The maximum atomic E-state index is 2.69. The van der Waals surface area contributed by atoms with Gasteiger partial charge in [0.25, 0.3) is 6.71 Å². The molecule has 18 rings (SSSR count). The van der Waals surface area contributed by atoms with Crippen molar-refractivity contribution in [2.75, 3.05) is 9.80 Å². The zero-order valence-electron chi connectivity index (χ0n) is 59.7. The predicted molar refractivity (Wildman–Crippen MR) is 450 cm³/mol. The van der Waals surface area contributed by atoms with Crippen LogP contribution in [-0.2, 0) is 10.8 Å². The molecule has 104 heavy (non-hydrogen) atoms. The maximum Gasteiger partial charge on any atom is 0.252 e. The average molecular weight is 1370 g/mol. The van der Waals surface area contributed by atoms with Crippen LogP contribution in [0.15, 0.2) is 376 Å². The van der Waals surface area contributed by atoms with Crippen molar-refractivity contribution in [3.8, 4) is 27.9 Å². The number of nitrogens with zero attached hydrogens (tertiary/aromatic N) is 3. The molecule has 0 fully saturated rings. The number of aromatic nitrogens is 1. The molecule has 0 spiro atoms. The fourth-order valence-electron chi connectivity index (χ4n) is 17.5. The Morgan fingerprint density at radius 3 is 1.11 bits per heavy atom. The van der Waals surface area contributed by atoms with Gasteiger partial charge >= 0.3 is 0 Å². The van der Waals surface area contributed by atoms with Crippen LogP contribution in [0, 0.1) is 0 Å². The van der Waals surface area contributed by atoms with Gasteiger partial charge < -0.3 is 14.4 Å². The van der Waals surface area contributed by atoms with Crippen LogP contribution in [0.5, 0.6) is 0 Å². The Morgan fingerprint density at radius 1 is 0.260 bits per heavy atom. The highest BCUT2D eigenvalue weighted by molar-refractivity contribution is 7.20. The van der Waals surface area contributed by atoms with E-state index in [4.69, 9.17) is 0 Å². The number of anilines is 6. The molecule has 498 valence electrons. The molecule has 15 aromatic carbocycles. The van der Waals surface area contributed by atoms with E-state index in [0.717, 1.165) is 39.7 Å². The van der Waals surface area contributed by atoms with E-state index in [1.165, 1.54) is 113 Å². The third-order valence-corrected chi connectivity index (χ3v) is 31.9. The van der Waals surface area contributed by atoms with Crippen molar-refractivity contribution in [2.24, 2.45) is 0 Å². The van der Waals surface area contributed by atoms with E-state index in [0.29, 0.717) is 0 Å². The molecule has 0 bridgehead atoms. The SMILES string of the molecule is CC(C)(C)c1ccc2c(c1)c1cc(C(C)(C)C)ccc1n2-c1cc2c3c(c1)N(c1cccc([Si](c4ccccc4)(c4ccccc4)c4ccccc4)c1)c1c(cccc1-c1ccccc1)B3c1ccc([Si](c3ccccc3)(c3ccccc3)c3ccccc3)cc1N2c1ccc(-c2ccccc2)cc1. The number of para-hydroxylation sites is 1. The fourth-order valence-corrected chi connectivity index (χ4v) is 27.0. The summed E-state index contributed by atoms with van der Waals surface area (Å²) >= 11 is 0. The van der Waals surface area contributed by atoms with Crippen molar-refractivity contribution < 1.29 is 0 Å². The molecule has 0 amide bonds. The minimum atomic E-state index is -3.13. The summed E-state index contributed by atoms with van der Waals surface area (Å²) in [6.07, 6.45) is 0. The normalized spacial score (nSPS) is 12.8. The van der Waals surface area contributed by atoms with Crippen LogP contribution >= 0.6 is 0 Å². The van der Waals surface area contributed by atoms with Crippen molar-refractivity contribution in [1.29, 1.82) is 0 Å². The smallest absolute Gasteiger partial charge is 0.252 e. The Morgan fingerprint density at radius 2 is 0.654 bits per heavy atom. The van der Waals surface area contributed by atoms with Gasteiger partial charge in [-0.25, -0.2) is 0 Å². The number of benzene rings is 15. The molecule has 0 radical (unpaired) electrons. The number of hydrogen-bond acceptors (Lipinski definition) is 2. The molecule has 0 aliphatic carbocycles. The molecule has 16 aromatic rings. The van der Waals surface area contributed by atoms with Crippen molar-refractivity contribution in [1.82, 2.24) is 4.57 Å². The first kappa shape index (κ1) is 64.3. The summed E-state index contributed by atoms with van der Waals surface area (Å²) in [7, 11) is -6.22. The van der Waals surface area contributed by atoms with Gasteiger partial charge in [0.15, 0.2) is 16.1 Å². The molecule has 3 heterocycles. The summed E-state index contributed by atoms with van der Waals surface area (Å²) < 4.78 is 2.60. The quantitative estimate of drug-likeness (QED) is 0.0842. The van der Waals surface area contributed by atoms with Crippen LogP contribution in [0.25, 0.3) is 49.7 Å². The molecule has 0 saturated heterocycles. The Bertz CT molecular complexity index is 5590. The molecular weight excluding hydrogens is 1290 g/mol. The fraction of sp³-hybridized carbons (Fsp3) is 0.0816. The van der Waals surface area contributed by atoms with Gasteiger partial charge in [-0.05, 0) is 163 Å². The van der Waals surface area contributed by atoms with Gasteiger partial charge in [-0.1, -0.05) is 351 Å². The highest BCUT2D eigenvalue weighted by atomic mass is 28.3. The van der Waals surface area contributed by atoms with Crippen LogP contribution in [0.4, 0.5) is 34.1 Å². The average Bonchev–Trinajstić information content (AvgIpc) is 0.751. The highest BCUT2D eigenvalue weighted by Gasteiger charge is 2.49. The molecule has 0 unspecified atom stereocenters. The van der Waals surface area contributed by atoms with Gasteiger partial charge in [-0.3, -0.25) is 0 Å². The minimum absolute atomic E-state index is 0.0824. The second kappa shape index (κ2) is 25.6. The summed E-state index contributed by atoms with van der Waals surface area (Å²) in [5.74, 6) is 0. The lowest BCUT2D eigenvalue weighted by atomic mass is 9.33. The lowest BCUT2D eigenvalue weighted by Gasteiger charge is -2.46. The van der Waals surface area contributed by atoms with Gasteiger partial charge in [0.05, 0.1) is 16.7 Å². The van der Waals surface area contributed by atoms with Gasteiger partial charge in [-0.15, -0.1) is 0 Å². The van der Waals surface area contributed by atoms with Crippen LogP contribution in [0.2, 0.25) is 0 Å². The van der Waals surface area contributed by atoms with Gasteiger partial charge in [-0.2, -0.15) is 0 Å². The second-order valence-corrected chi connectivity index (χ2v) is 38.0. The Hall–Kier alpha value is -11.8. The molecular formula is C98H80BN3Si2. The first-order chi connectivity index (χ1) is 50.9. The van der Waals surface area contributed by atoms with Gasteiger partial charge in [0.2, 0.25) is 0 Å². The monoisotopic (exact) mass is 1370 g/mol. The highest BCUT2D eigenvalue weighted by Crippen LogP contribution is 2.49. The number of hydrogen-bond donors (Lipinski definition) is 0. The molecule has 2 aliphatic heterocycles. The summed E-state index contributed by atoms with van der Waals surface area (Å²) in [5, 5.41) is 13.1.